The second-order valence-electron chi connectivity index (χ2n) is 4.01. The summed E-state index contributed by atoms with van der Waals surface area (Å²) in [6, 6.07) is 10.7. The van der Waals surface area contributed by atoms with Crippen molar-refractivity contribution in [3.63, 3.8) is 0 Å². The number of rotatable bonds is 4. The molecule has 0 spiro atoms. The molecule has 1 fully saturated rings. The van der Waals surface area contributed by atoms with Crippen LogP contribution < -0.4 is 0 Å². The van der Waals surface area contributed by atoms with Crippen molar-refractivity contribution >= 4 is 0 Å². The number of ether oxygens (including phenoxy) is 1. The summed E-state index contributed by atoms with van der Waals surface area (Å²) in [6.07, 6.45) is 6.77. The van der Waals surface area contributed by atoms with E-state index in [0.717, 1.165) is 6.61 Å². The zero-order chi connectivity index (χ0) is 9.64. The van der Waals surface area contributed by atoms with Gasteiger partial charge in [0.15, 0.2) is 0 Å². The molecule has 0 aliphatic carbocycles. The molecular weight excluding hydrogens is 172 g/mol. The van der Waals surface area contributed by atoms with Gasteiger partial charge in [0.2, 0.25) is 0 Å². The minimum atomic E-state index is 0.554. The molecule has 76 valence electrons. The summed E-state index contributed by atoms with van der Waals surface area (Å²) in [6.45, 7) is 0.982. The third-order valence-corrected chi connectivity index (χ3v) is 2.86. The van der Waals surface area contributed by atoms with Crippen LogP contribution >= 0.6 is 0 Å². The van der Waals surface area contributed by atoms with Crippen LogP contribution in [0, 0.1) is 0 Å². The van der Waals surface area contributed by atoms with Gasteiger partial charge in [-0.05, 0) is 37.7 Å². The Morgan fingerprint density at radius 3 is 2.79 bits per heavy atom. The minimum Gasteiger partial charge on any atom is -0.378 e. The van der Waals surface area contributed by atoms with Gasteiger partial charge in [0.25, 0.3) is 0 Å². The molecule has 1 saturated heterocycles. The average Bonchev–Trinajstić information content (AvgIpc) is 2.72. The SMILES string of the molecule is c1ccc(CCC[C@@H]2CCCO2)cc1. The Bertz CT molecular complexity index is 249. The van der Waals surface area contributed by atoms with E-state index in [2.05, 4.69) is 30.3 Å². The highest BCUT2D eigenvalue weighted by Gasteiger charge is 2.14. The monoisotopic (exact) mass is 190 g/mol. The van der Waals surface area contributed by atoms with Crippen molar-refractivity contribution < 1.29 is 4.74 Å². The zero-order valence-corrected chi connectivity index (χ0v) is 8.61. The van der Waals surface area contributed by atoms with Gasteiger partial charge in [-0.3, -0.25) is 0 Å². The molecule has 1 aromatic carbocycles. The third kappa shape index (κ3) is 2.85. The lowest BCUT2D eigenvalue weighted by Crippen LogP contribution is -2.04. The normalized spacial score (nSPS) is 21.3. The third-order valence-electron chi connectivity index (χ3n) is 2.86. The first-order chi connectivity index (χ1) is 6.95. The molecule has 2 rings (SSSR count). The van der Waals surface area contributed by atoms with Gasteiger partial charge in [0.05, 0.1) is 6.10 Å². The van der Waals surface area contributed by atoms with Gasteiger partial charge in [-0.25, -0.2) is 0 Å². The molecule has 0 unspecified atom stereocenters. The maximum absolute atomic E-state index is 5.59. The molecule has 0 radical (unpaired) electrons. The van der Waals surface area contributed by atoms with Crippen molar-refractivity contribution in [2.24, 2.45) is 0 Å². The number of hydrogen-bond acceptors (Lipinski definition) is 1. The van der Waals surface area contributed by atoms with Gasteiger partial charge >= 0.3 is 0 Å². The van der Waals surface area contributed by atoms with Crippen molar-refractivity contribution in [1.82, 2.24) is 0 Å². The molecular formula is C13H18O. The fourth-order valence-electron chi connectivity index (χ4n) is 2.05. The molecule has 0 N–H and O–H groups in total. The Labute approximate surface area is 86.1 Å². The van der Waals surface area contributed by atoms with E-state index < -0.39 is 0 Å². The highest BCUT2D eigenvalue weighted by molar-refractivity contribution is 5.14. The topological polar surface area (TPSA) is 9.23 Å². The fourth-order valence-corrected chi connectivity index (χ4v) is 2.05. The molecule has 14 heavy (non-hydrogen) atoms. The Kier molecular flexibility index (Phi) is 3.58. The number of benzene rings is 1. The first-order valence-electron chi connectivity index (χ1n) is 5.61. The van der Waals surface area contributed by atoms with Crippen molar-refractivity contribution in [2.75, 3.05) is 6.61 Å². The van der Waals surface area contributed by atoms with E-state index in [4.69, 9.17) is 4.74 Å². The highest BCUT2D eigenvalue weighted by atomic mass is 16.5. The standard InChI is InChI=1S/C13H18O/c1-2-6-12(7-3-1)8-4-9-13-10-5-11-14-13/h1-3,6-7,13H,4-5,8-11H2/t13-/m1/s1. The predicted molar refractivity (Wildman–Crippen MR) is 58.4 cm³/mol. The van der Waals surface area contributed by atoms with Crippen LogP contribution in [0.15, 0.2) is 30.3 Å². The van der Waals surface area contributed by atoms with Crippen LogP contribution in [0.2, 0.25) is 0 Å². The van der Waals surface area contributed by atoms with Crippen molar-refractivity contribution in [1.29, 1.82) is 0 Å². The van der Waals surface area contributed by atoms with Crippen LogP contribution in [-0.4, -0.2) is 12.7 Å². The largest absolute Gasteiger partial charge is 0.378 e. The molecule has 0 saturated carbocycles. The first kappa shape index (κ1) is 9.72. The molecule has 1 atom stereocenters. The van der Waals surface area contributed by atoms with E-state index in [1.807, 2.05) is 0 Å². The van der Waals surface area contributed by atoms with Gasteiger partial charge in [-0.2, -0.15) is 0 Å². The summed E-state index contributed by atoms with van der Waals surface area (Å²) in [5.74, 6) is 0. The van der Waals surface area contributed by atoms with Gasteiger partial charge in [0.1, 0.15) is 0 Å². The van der Waals surface area contributed by atoms with Crippen LogP contribution in [0.3, 0.4) is 0 Å². The van der Waals surface area contributed by atoms with E-state index in [1.54, 1.807) is 0 Å². The summed E-state index contributed by atoms with van der Waals surface area (Å²) in [5.41, 5.74) is 1.45. The molecule has 1 heteroatoms. The zero-order valence-electron chi connectivity index (χ0n) is 8.61. The molecule has 0 aromatic heterocycles. The van der Waals surface area contributed by atoms with Gasteiger partial charge in [0, 0.05) is 6.61 Å². The fraction of sp³-hybridized carbons (Fsp3) is 0.538. The smallest absolute Gasteiger partial charge is 0.0576 e. The summed E-state index contributed by atoms with van der Waals surface area (Å²) >= 11 is 0. The quantitative estimate of drug-likeness (QED) is 0.708. The summed E-state index contributed by atoms with van der Waals surface area (Å²) in [5, 5.41) is 0. The lowest BCUT2D eigenvalue weighted by atomic mass is 10.0. The van der Waals surface area contributed by atoms with E-state index in [-0.39, 0.29) is 0 Å². The Morgan fingerprint density at radius 2 is 2.07 bits per heavy atom. The van der Waals surface area contributed by atoms with Crippen LogP contribution in [0.1, 0.15) is 31.2 Å². The summed E-state index contributed by atoms with van der Waals surface area (Å²) in [4.78, 5) is 0. The van der Waals surface area contributed by atoms with Gasteiger partial charge in [-0.15, -0.1) is 0 Å². The van der Waals surface area contributed by atoms with Gasteiger partial charge in [-0.1, -0.05) is 30.3 Å². The Hall–Kier alpha value is -0.820. The van der Waals surface area contributed by atoms with E-state index in [1.165, 1.54) is 37.7 Å². The van der Waals surface area contributed by atoms with E-state index >= 15 is 0 Å². The van der Waals surface area contributed by atoms with Crippen molar-refractivity contribution in [3.8, 4) is 0 Å². The molecule has 1 aliphatic rings. The lowest BCUT2D eigenvalue weighted by molar-refractivity contribution is 0.102. The second kappa shape index (κ2) is 5.16. The predicted octanol–water partition coefficient (Wildman–Crippen LogP) is 3.19. The second-order valence-corrected chi connectivity index (χ2v) is 4.01. The lowest BCUT2D eigenvalue weighted by Gasteiger charge is -2.08. The maximum atomic E-state index is 5.59. The van der Waals surface area contributed by atoms with Crippen molar-refractivity contribution in [2.45, 2.75) is 38.2 Å². The molecule has 0 amide bonds. The van der Waals surface area contributed by atoms with Crippen molar-refractivity contribution in [3.05, 3.63) is 35.9 Å². The van der Waals surface area contributed by atoms with E-state index in [0.29, 0.717) is 6.10 Å². The Morgan fingerprint density at radius 1 is 1.21 bits per heavy atom. The summed E-state index contributed by atoms with van der Waals surface area (Å²) < 4.78 is 5.59. The molecule has 0 bridgehead atoms. The Balaban J connectivity index is 1.67. The average molecular weight is 190 g/mol. The van der Waals surface area contributed by atoms with Crippen LogP contribution in [0.25, 0.3) is 0 Å². The number of hydrogen-bond donors (Lipinski definition) is 0. The van der Waals surface area contributed by atoms with E-state index in [9.17, 15) is 0 Å². The maximum Gasteiger partial charge on any atom is 0.0576 e. The van der Waals surface area contributed by atoms with Crippen LogP contribution in [0.4, 0.5) is 0 Å². The highest BCUT2D eigenvalue weighted by Crippen LogP contribution is 2.17. The van der Waals surface area contributed by atoms with Gasteiger partial charge < -0.3 is 4.74 Å². The minimum absolute atomic E-state index is 0.554. The summed E-state index contributed by atoms with van der Waals surface area (Å²) in [7, 11) is 0. The molecule has 1 aromatic rings. The molecule has 1 aliphatic heterocycles. The molecule has 1 nitrogen and oxygen atoms in total. The van der Waals surface area contributed by atoms with Crippen LogP contribution in [-0.2, 0) is 11.2 Å². The van der Waals surface area contributed by atoms with Crippen LogP contribution in [0.5, 0.6) is 0 Å². The molecule has 1 heterocycles. The number of aryl methyl sites for hydroxylation is 1. The first-order valence-corrected chi connectivity index (χ1v) is 5.61.